The molecule has 7 nitrogen and oxygen atoms in total. The molecule has 0 aliphatic rings. The number of methoxy groups -OCH3 is 2. The number of carbonyl (C=O) groups excluding carboxylic acids is 1. The molecule has 28 heavy (non-hydrogen) atoms. The SMILES string of the molecule is COc1ccc(/C=C/C(=O)N(C)Cc2nc(-c3ccc(OC)cc3)no2)cc1. The Morgan fingerprint density at radius 2 is 1.64 bits per heavy atom. The average Bonchev–Trinajstić information content (AvgIpc) is 3.20. The van der Waals surface area contributed by atoms with Gasteiger partial charge in [0.15, 0.2) is 0 Å². The van der Waals surface area contributed by atoms with Crippen LogP contribution in [0.3, 0.4) is 0 Å². The third kappa shape index (κ3) is 4.76. The largest absolute Gasteiger partial charge is 0.497 e. The van der Waals surface area contributed by atoms with Crippen LogP contribution in [0.4, 0.5) is 0 Å². The van der Waals surface area contributed by atoms with Crippen LogP contribution in [0.25, 0.3) is 17.5 Å². The van der Waals surface area contributed by atoms with Crippen LogP contribution < -0.4 is 9.47 Å². The minimum atomic E-state index is -0.167. The van der Waals surface area contributed by atoms with Gasteiger partial charge >= 0.3 is 0 Å². The van der Waals surface area contributed by atoms with Crippen molar-refractivity contribution in [2.45, 2.75) is 6.54 Å². The highest BCUT2D eigenvalue weighted by atomic mass is 16.5. The van der Waals surface area contributed by atoms with E-state index < -0.39 is 0 Å². The van der Waals surface area contributed by atoms with Crippen molar-refractivity contribution >= 4 is 12.0 Å². The monoisotopic (exact) mass is 379 g/mol. The topological polar surface area (TPSA) is 77.7 Å². The van der Waals surface area contributed by atoms with E-state index in [-0.39, 0.29) is 12.5 Å². The van der Waals surface area contributed by atoms with Crippen molar-refractivity contribution in [1.82, 2.24) is 15.0 Å². The second kappa shape index (κ2) is 8.85. The predicted molar refractivity (Wildman–Crippen MR) is 105 cm³/mol. The van der Waals surface area contributed by atoms with Crippen LogP contribution in [0, 0.1) is 0 Å². The fraction of sp³-hybridized carbons (Fsp3) is 0.190. The van der Waals surface area contributed by atoms with Crippen molar-refractivity contribution in [2.24, 2.45) is 0 Å². The fourth-order valence-electron chi connectivity index (χ4n) is 2.47. The molecule has 0 unspecified atom stereocenters. The van der Waals surface area contributed by atoms with Crippen LogP contribution in [0.5, 0.6) is 11.5 Å². The van der Waals surface area contributed by atoms with Crippen LogP contribution in [0.15, 0.2) is 59.1 Å². The normalized spacial score (nSPS) is 10.8. The van der Waals surface area contributed by atoms with Crippen molar-refractivity contribution < 1.29 is 18.8 Å². The Bertz CT molecular complexity index is 947. The van der Waals surface area contributed by atoms with Crippen LogP contribution in [-0.2, 0) is 11.3 Å². The molecule has 0 saturated carbocycles. The van der Waals surface area contributed by atoms with Gasteiger partial charge in [-0.25, -0.2) is 0 Å². The van der Waals surface area contributed by atoms with Gasteiger partial charge in [0.1, 0.15) is 11.5 Å². The predicted octanol–water partition coefficient (Wildman–Crippen LogP) is 3.43. The molecule has 0 aliphatic carbocycles. The van der Waals surface area contributed by atoms with Gasteiger partial charge in [-0.05, 0) is 48.0 Å². The summed E-state index contributed by atoms with van der Waals surface area (Å²) in [6, 6.07) is 14.8. The number of hydrogen-bond acceptors (Lipinski definition) is 6. The van der Waals surface area contributed by atoms with Gasteiger partial charge in [-0.2, -0.15) is 4.98 Å². The molecule has 2 aromatic carbocycles. The van der Waals surface area contributed by atoms with E-state index in [1.165, 1.54) is 11.0 Å². The van der Waals surface area contributed by atoms with Gasteiger partial charge < -0.3 is 18.9 Å². The van der Waals surface area contributed by atoms with E-state index in [0.29, 0.717) is 11.7 Å². The van der Waals surface area contributed by atoms with Crippen molar-refractivity contribution in [3.05, 3.63) is 66.1 Å². The fourth-order valence-corrected chi connectivity index (χ4v) is 2.47. The first-order chi connectivity index (χ1) is 13.6. The molecule has 0 radical (unpaired) electrons. The zero-order valence-corrected chi connectivity index (χ0v) is 16.0. The zero-order chi connectivity index (χ0) is 19.9. The molecular formula is C21H21N3O4. The summed E-state index contributed by atoms with van der Waals surface area (Å²) >= 11 is 0. The summed E-state index contributed by atoms with van der Waals surface area (Å²) in [6.07, 6.45) is 3.25. The van der Waals surface area contributed by atoms with E-state index >= 15 is 0 Å². The van der Waals surface area contributed by atoms with Crippen molar-refractivity contribution in [3.63, 3.8) is 0 Å². The van der Waals surface area contributed by atoms with Crippen molar-refractivity contribution in [1.29, 1.82) is 0 Å². The summed E-state index contributed by atoms with van der Waals surface area (Å²) in [5.74, 6) is 2.18. The summed E-state index contributed by atoms with van der Waals surface area (Å²) in [7, 11) is 4.90. The minimum Gasteiger partial charge on any atom is -0.497 e. The highest BCUT2D eigenvalue weighted by Crippen LogP contribution is 2.20. The third-order valence-corrected chi connectivity index (χ3v) is 4.10. The number of benzene rings is 2. The maximum Gasteiger partial charge on any atom is 0.246 e. The molecule has 0 atom stereocenters. The first-order valence-electron chi connectivity index (χ1n) is 8.63. The van der Waals surface area contributed by atoms with Crippen molar-refractivity contribution in [2.75, 3.05) is 21.3 Å². The van der Waals surface area contributed by atoms with Gasteiger partial charge in [-0.1, -0.05) is 17.3 Å². The zero-order valence-electron chi connectivity index (χ0n) is 16.0. The number of carbonyl (C=O) groups is 1. The lowest BCUT2D eigenvalue weighted by atomic mass is 10.2. The molecule has 1 heterocycles. The van der Waals surface area contributed by atoms with Gasteiger partial charge in [0.2, 0.25) is 17.6 Å². The molecule has 1 aromatic heterocycles. The molecule has 3 aromatic rings. The lowest BCUT2D eigenvalue weighted by Gasteiger charge is -2.11. The van der Waals surface area contributed by atoms with Crippen LogP contribution in [0.2, 0.25) is 0 Å². The van der Waals surface area contributed by atoms with Gasteiger partial charge in [-0.3, -0.25) is 4.79 Å². The Hall–Kier alpha value is -3.61. The maximum absolute atomic E-state index is 12.3. The number of hydrogen-bond donors (Lipinski definition) is 0. The molecule has 0 spiro atoms. The highest BCUT2D eigenvalue weighted by Gasteiger charge is 2.13. The van der Waals surface area contributed by atoms with E-state index in [2.05, 4.69) is 10.1 Å². The van der Waals surface area contributed by atoms with E-state index in [4.69, 9.17) is 14.0 Å². The van der Waals surface area contributed by atoms with E-state index in [1.807, 2.05) is 48.5 Å². The summed E-state index contributed by atoms with van der Waals surface area (Å²) < 4.78 is 15.5. The molecule has 0 N–H and O–H groups in total. The van der Waals surface area contributed by atoms with E-state index in [1.54, 1.807) is 27.3 Å². The highest BCUT2D eigenvalue weighted by molar-refractivity contribution is 5.91. The number of nitrogens with zero attached hydrogens (tertiary/aromatic N) is 3. The maximum atomic E-state index is 12.3. The smallest absolute Gasteiger partial charge is 0.246 e. The Morgan fingerprint density at radius 3 is 2.25 bits per heavy atom. The van der Waals surface area contributed by atoms with Gasteiger partial charge in [0.05, 0.1) is 20.8 Å². The number of ether oxygens (including phenoxy) is 2. The van der Waals surface area contributed by atoms with Gasteiger partial charge in [-0.15, -0.1) is 0 Å². The Labute approximate surface area is 163 Å². The molecule has 1 amide bonds. The Kier molecular flexibility index (Phi) is 6.06. The molecule has 0 saturated heterocycles. The van der Waals surface area contributed by atoms with E-state index in [9.17, 15) is 4.79 Å². The first kappa shape index (κ1) is 19.2. The standard InChI is InChI=1S/C21H21N3O4/c1-24(20(25)13-6-15-4-9-17(26-2)10-5-15)14-19-22-21(23-28-19)16-7-11-18(27-3)12-8-16/h4-13H,14H2,1-3H3/b13-6+. The average molecular weight is 379 g/mol. The minimum absolute atomic E-state index is 0.167. The molecule has 0 fully saturated rings. The molecule has 144 valence electrons. The number of likely N-dealkylation sites (N-methyl/N-ethyl adjacent to an activating group) is 1. The first-order valence-corrected chi connectivity index (χ1v) is 8.63. The molecular weight excluding hydrogens is 358 g/mol. The second-order valence-electron chi connectivity index (χ2n) is 6.04. The molecule has 7 heteroatoms. The number of rotatable bonds is 7. The van der Waals surface area contributed by atoms with Gasteiger partial charge in [0.25, 0.3) is 0 Å². The summed E-state index contributed by atoms with van der Waals surface area (Å²) in [5, 5.41) is 3.97. The van der Waals surface area contributed by atoms with Crippen LogP contribution >= 0.6 is 0 Å². The molecule has 0 aliphatic heterocycles. The molecule has 0 bridgehead atoms. The number of aromatic nitrogens is 2. The lowest BCUT2D eigenvalue weighted by molar-refractivity contribution is -0.125. The lowest BCUT2D eigenvalue weighted by Crippen LogP contribution is -2.24. The second-order valence-corrected chi connectivity index (χ2v) is 6.04. The summed E-state index contributed by atoms with van der Waals surface area (Å²) in [4.78, 5) is 18.2. The Balaban J connectivity index is 1.60. The van der Waals surface area contributed by atoms with Crippen molar-refractivity contribution in [3.8, 4) is 22.9 Å². The Morgan fingerprint density at radius 1 is 1.04 bits per heavy atom. The summed E-state index contributed by atoms with van der Waals surface area (Å²) in [5.41, 5.74) is 1.71. The summed E-state index contributed by atoms with van der Waals surface area (Å²) in [6.45, 7) is 0.217. The molecule has 3 rings (SSSR count). The third-order valence-electron chi connectivity index (χ3n) is 4.10. The van der Waals surface area contributed by atoms with Crippen LogP contribution in [0.1, 0.15) is 11.5 Å². The van der Waals surface area contributed by atoms with E-state index in [0.717, 1.165) is 22.6 Å². The quantitative estimate of drug-likeness (QED) is 0.586. The van der Waals surface area contributed by atoms with Crippen LogP contribution in [-0.4, -0.2) is 42.2 Å². The number of amides is 1. The van der Waals surface area contributed by atoms with Gasteiger partial charge in [0, 0.05) is 18.7 Å².